The molecule has 0 saturated carbocycles. The summed E-state index contributed by atoms with van der Waals surface area (Å²) in [5.74, 6) is 0.999. The van der Waals surface area contributed by atoms with Crippen LogP contribution in [0.15, 0.2) is 59.1 Å². The number of rotatable bonds is 5. The third-order valence-corrected chi connectivity index (χ3v) is 5.98. The predicted octanol–water partition coefficient (Wildman–Crippen LogP) is 4.21. The summed E-state index contributed by atoms with van der Waals surface area (Å²) in [7, 11) is 1.86. The summed E-state index contributed by atoms with van der Waals surface area (Å²) in [6, 6.07) is 18.1. The molecule has 29 heavy (non-hydrogen) atoms. The minimum atomic E-state index is -0.0878. The van der Waals surface area contributed by atoms with E-state index in [0.29, 0.717) is 6.61 Å². The number of benzene rings is 2. The van der Waals surface area contributed by atoms with Crippen LogP contribution in [0.25, 0.3) is 22.2 Å². The molecule has 1 atom stereocenters. The highest BCUT2D eigenvalue weighted by atomic mass is 79.9. The molecule has 1 aromatic heterocycles. The lowest BCUT2D eigenvalue weighted by Gasteiger charge is -2.37. The van der Waals surface area contributed by atoms with E-state index in [1.54, 1.807) is 4.90 Å². The second kappa shape index (κ2) is 8.51. The average Bonchev–Trinajstić information content (AvgIpc) is 2.74. The number of fused-ring (bicyclic) bond motifs is 1. The highest BCUT2D eigenvalue weighted by Crippen LogP contribution is 2.25. The van der Waals surface area contributed by atoms with Crippen molar-refractivity contribution in [1.82, 2.24) is 14.8 Å². The molecule has 0 aliphatic carbocycles. The summed E-state index contributed by atoms with van der Waals surface area (Å²) in [5, 5.41) is 1.05. The zero-order valence-corrected chi connectivity index (χ0v) is 18.2. The largest absolute Gasteiger partial charge is 0.492 e. The maximum absolute atomic E-state index is 12.1. The van der Waals surface area contributed by atoms with Crippen LogP contribution < -0.4 is 4.74 Å². The highest BCUT2D eigenvalue weighted by Gasteiger charge is 2.28. The number of pyridine rings is 1. The van der Waals surface area contributed by atoms with Gasteiger partial charge in [0.25, 0.3) is 0 Å². The second-order valence-corrected chi connectivity index (χ2v) is 8.29. The summed E-state index contributed by atoms with van der Waals surface area (Å²) in [5.41, 5.74) is 2.98. The quantitative estimate of drug-likeness (QED) is 0.580. The molecule has 1 aliphatic rings. The van der Waals surface area contributed by atoms with Gasteiger partial charge in [0.15, 0.2) is 0 Å². The summed E-state index contributed by atoms with van der Waals surface area (Å²) >= 11 is 3.46. The number of hydrogen-bond acceptors (Lipinski definition) is 4. The SMILES string of the molecule is C[C@@H]1C(=O)N(C)CCN1CCOc1ccc2nc(-c3ccc(Br)cc3)ccc2c1. The third-order valence-electron chi connectivity index (χ3n) is 5.45. The van der Waals surface area contributed by atoms with Crippen molar-refractivity contribution in [2.45, 2.75) is 13.0 Å². The van der Waals surface area contributed by atoms with Crippen molar-refractivity contribution in [1.29, 1.82) is 0 Å². The van der Waals surface area contributed by atoms with Gasteiger partial charge in [-0.25, -0.2) is 4.98 Å². The first kappa shape index (κ1) is 19.9. The van der Waals surface area contributed by atoms with Gasteiger partial charge in [-0.2, -0.15) is 0 Å². The minimum absolute atomic E-state index is 0.0878. The average molecular weight is 454 g/mol. The zero-order valence-electron chi connectivity index (χ0n) is 16.6. The molecule has 150 valence electrons. The van der Waals surface area contributed by atoms with Gasteiger partial charge in [-0.15, -0.1) is 0 Å². The summed E-state index contributed by atoms with van der Waals surface area (Å²) < 4.78 is 7.01. The number of hydrogen-bond donors (Lipinski definition) is 0. The van der Waals surface area contributed by atoms with Crippen LogP contribution in [0.4, 0.5) is 0 Å². The van der Waals surface area contributed by atoms with Crippen LogP contribution in [0.3, 0.4) is 0 Å². The van der Waals surface area contributed by atoms with Gasteiger partial charge in [-0.3, -0.25) is 9.69 Å². The fraction of sp³-hybridized carbons (Fsp3) is 0.304. The number of halogens is 1. The molecular formula is C23H24BrN3O2. The van der Waals surface area contributed by atoms with E-state index in [4.69, 9.17) is 9.72 Å². The van der Waals surface area contributed by atoms with E-state index in [-0.39, 0.29) is 11.9 Å². The molecule has 2 heterocycles. The van der Waals surface area contributed by atoms with Gasteiger partial charge in [0.1, 0.15) is 12.4 Å². The van der Waals surface area contributed by atoms with E-state index in [2.05, 4.69) is 39.0 Å². The number of ether oxygens (including phenoxy) is 1. The normalized spacial score (nSPS) is 17.7. The lowest BCUT2D eigenvalue weighted by atomic mass is 10.1. The van der Waals surface area contributed by atoms with Gasteiger partial charge < -0.3 is 9.64 Å². The van der Waals surface area contributed by atoms with Crippen LogP contribution in [-0.4, -0.2) is 60.0 Å². The van der Waals surface area contributed by atoms with Gasteiger partial charge in [0.2, 0.25) is 5.91 Å². The molecule has 4 rings (SSSR count). The maximum Gasteiger partial charge on any atom is 0.239 e. The van der Waals surface area contributed by atoms with Crippen molar-refractivity contribution in [2.75, 3.05) is 33.3 Å². The number of piperazine rings is 1. The van der Waals surface area contributed by atoms with Crippen molar-refractivity contribution in [3.05, 3.63) is 59.1 Å². The van der Waals surface area contributed by atoms with E-state index in [1.165, 1.54) is 0 Å². The van der Waals surface area contributed by atoms with Crippen LogP contribution in [-0.2, 0) is 4.79 Å². The van der Waals surface area contributed by atoms with Crippen LogP contribution in [0.2, 0.25) is 0 Å². The molecule has 1 saturated heterocycles. The van der Waals surface area contributed by atoms with E-state index < -0.39 is 0 Å². The molecule has 3 aromatic rings. The summed E-state index contributed by atoms with van der Waals surface area (Å²) in [6.07, 6.45) is 0. The molecule has 0 spiro atoms. The number of nitrogens with zero attached hydrogens (tertiary/aromatic N) is 3. The van der Waals surface area contributed by atoms with Crippen LogP contribution >= 0.6 is 15.9 Å². The Morgan fingerprint density at radius 1 is 1.10 bits per heavy atom. The van der Waals surface area contributed by atoms with Gasteiger partial charge in [0.05, 0.1) is 17.3 Å². The van der Waals surface area contributed by atoms with Crippen molar-refractivity contribution < 1.29 is 9.53 Å². The van der Waals surface area contributed by atoms with E-state index in [0.717, 1.165) is 52.0 Å². The van der Waals surface area contributed by atoms with Gasteiger partial charge in [0, 0.05) is 42.1 Å². The Labute approximate surface area is 179 Å². The molecule has 1 fully saturated rings. The van der Waals surface area contributed by atoms with E-state index in [1.807, 2.05) is 50.4 Å². The van der Waals surface area contributed by atoms with Crippen LogP contribution in [0, 0.1) is 0 Å². The number of carbonyl (C=O) groups excluding carboxylic acids is 1. The van der Waals surface area contributed by atoms with Crippen LogP contribution in [0.5, 0.6) is 5.75 Å². The lowest BCUT2D eigenvalue weighted by molar-refractivity contribution is -0.139. The van der Waals surface area contributed by atoms with Gasteiger partial charge in [-0.1, -0.05) is 34.1 Å². The first-order valence-corrected chi connectivity index (χ1v) is 10.6. The first-order chi connectivity index (χ1) is 14.0. The Balaban J connectivity index is 1.41. The minimum Gasteiger partial charge on any atom is -0.492 e. The van der Waals surface area contributed by atoms with Gasteiger partial charge in [-0.05, 0) is 43.3 Å². The van der Waals surface area contributed by atoms with Crippen molar-refractivity contribution in [2.24, 2.45) is 0 Å². The molecule has 1 amide bonds. The van der Waals surface area contributed by atoms with Crippen molar-refractivity contribution in [3.63, 3.8) is 0 Å². The maximum atomic E-state index is 12.1. The number of amides is 1. The van der Waals surface area contributed by atoms with E-state index >= 15 is 0 Å². The summed E-state index contributed by atoms with van der Waals surface area (Å²) in [6.45, 7) is 4.90. The Hall–Kier alpha value is -2.44. The lowest BCUT2D eigenvalue weighted by Crippen LogP contribution is -2.55. The topological polar surface area (TPSA) is 45.7 Å². The molecule has 1 aliphatic heterocycles. The number of carbonyl (C=O) groups is 1. The Bertz CT molecular complexity index is 1020. The monoisotopic (exact) mass is 453 g/mol. The van der Waals surface area contributed by atoms with Crippen LogP contribution in [0.1, 0.15) is 6.92 Å². The molecule has 0 unspecified atom stereocenters. The molecule has 0 N–H and O–H groups in total. The summed E-state index contributed by atoms with van der Waals surface area (Å²) in [4.78, 5) is 20.8. The molecule has 6 heteroatoms. The molecule has 0 bridgehead atoms. The van der Waals surface area contributed by atoms with Crippen molar-refractivity contribution in [3.8, 4) is 17.0 Å². The Morgan fingerprint density at radius 3 is 2.69 bits per heavy atom. The number of likely N-dealkylation sites (N-methyl/N-ethyl adjacent to an activating group) is 1. The van der Waals surface area contributed by atoms with Gasteiger partial charge >= 0.3 is 0 Å². The fourth-order valence-corrected chi connectivity index (χ4v) is 3.88. The Kier molecular flexibility index (Phi) is 5.83. The third kappa shape index (κ3) is 4.43. The highest BCUT2D eigenvalue weighted by molar-refractivity contribution is 9.10. The molecule has 2 aromatic carbocycles. The van der Waals surface area contributed by atoms with E-state index in [9.17, 15) is 4.79 Å². The fourth-order valence-electron chi connectivity index (χ4n) is 3.62. The zero-order chi connectivity index (χ0) is 20.4. The first-order valence-electron chi connectivity index (χ1n) is 9.80. The standard InChI is InChI=1S/C23H24BrN3O2/c1-16-23(28)26(2)11-12-27(16)13-14-29-20-8-10-22-18(15-20)5-9-21(25-22)17-3-6-19(24)7-4-17/h3-10,15-16H,11-14H2,1-2H3/t16-/m1/s1. The number of aromatic nitrogens is 1. The molecular weight excluding hydrogens is 430 g/mol. The second-order valence-electron chi connectivity index (χ2n) is 7.38. The van der Waals surface area contributed by atoms with Crippen molar-refractivity contribution >= 4 is 32.7 Å². The molecule has 5 nitrogen and oxygen atoms in total. The smallest absolute Gasteiger partial charge is 0.239 e. The Morgan fingerprint density at radius 2 is 1.90 bits per heavy atom. The molecule has 0 radical (unpaired) electrons. The predicted molar refractivity (Wildman–Crippen MR) is 119 cm³/mol.